The number of aryl methyl sites for hydroxylation is 1. The number of carbonyl (C=O) groups is 1. The third kappa shape index (κ3) is 2.62. The molecule has 0 aromatic carbocycles. The van der Waals surface area contributed by atoms with Gasteiger partial charge in [-0.25, -0.2) is 4.98 Å². The molecule has 1 aliphatic heterocycles. The Balaban J connectivity index is 1.64. The van der Waals surface area contributed by atoms with Gasteiger partial charge in [-0.05, 0) is 18.6 Å². The molecule has 0 saturated carbocycles. The number of Topliss-reactive ketones (excluding diaryl/α,β-unsaturated/α-hetero) is 1. The van der Waals surface area contributed by atoms with Crippen molar-refractivity contribution in [2.24, 2.45) is 0 Å². The molecule has 2 aromatic rings. The fourth-order valence-electron chi connectivity index (χ4n) is 2.36. The predicted octanol–water partition coefficient (Wildman–Crippen LogP) is 2.21. The highest BCUT2D eigenvalue weighted by molar-refractivity contribution is 7.14. The lowest BCUT2D eigenvalue weighted by Crippen LogP contribution is -2.37. The summed E-state index contributed by atoms with van der Waals surface area (Å²) in [6.07, 6.45) is 4.83. The number of nitrogens with zero attached hydrogens (tertiary/aromatic N) is 3. The molecule has 0 bridgehead atoms. The van der Waals surface area contributed by atoms with Crippen molar-refractivity contribution in [3.8, 4) is 0 Å². The van der Waals surface area contributed by atoms with E-state index in [1.165, 1.54) is 4.88 Å². The van der Waals surface area contributed by atoms with Crippen LogP contribution in [0.3, 0.4) is 0 Å². The van der Waals surface area contributed by atoms with Crippen molar-refractivity contribution in [1.29, 1.82) is 0 Å². The molecule has 0 spiro atoms. The standard InChI is InChI=1S/C14H17N3OS/c1-2-11-3-4-13(19-11)12(18)9-16-7-8-17-6-5-15-14(17)10-16/h3-6H,2,7-10H2,1H3. The van der Waals surface area contributed by atoms with Gasteiger partial charge in [0.2, 0.25) is 0 Å². The van der Waals surface area contributed by atoms with Crippen molar-refractivity contribution in [2.45, 2.75) is 26.4 Å². The monoisotopic (exact) mass is 275 g/mol. The fraction of sp³-hybridized carbons (Fsp3) is 0.429. The molecule has 0 amide bonds. The molecule has 2 aromatic heterocycles. The van der Waals surface area contributed by atoms with Crippen LogP contribution in [0.1, 0.15) is 27.3 Å². The van der Waals surface area contributed by atoms with Gasteiger partial charge in [-0.15, -0.1) is 11.3 Å². The molecule has 5 heteroatoms. The number of thiophene rings is 1. The minimum absolute atomic E-state index is 0.227. The summed E-state index contributed by atoms with van der Waals surface area (Å²) >= 11 is 1.62. The van der Waals surface area contributed by atoms with E-state index >= 15 is 0 Å². The maximum absolute atomic E-state index is 12.2. The SMILES string of the molecule is CCc1ccc(C(=O)CN2CCn3ccnc3C2)s1. The van der Waals surface area contributed by atoms with E-state index < -0.39 is 0 Å². The number of hydrogen-bond donors (Lipinski definition) is 0. The zero-order chi connectivity index (χ0) is 13.2. The fourth-order valence-corrected chi connectivity index (χ4v) is 3.23. The van der Waals surface area contributed by atoms with E-state index in [4.69, 9.17) is 0 Å². The summed E-state index contributed by atoms with van der Waals surface area (Å²) in [5.74, 6) is 1.28. The first kappa shape index (κ1) is 12.6. The number of fused-ring (bicyclic) bond motifs is 1. The maximum atomic E-state index is 12.2. The number of carbonyl (C=O) groups excluding carboxylic acids is 1. The van der Waals surface area contributed by atoms with E-state index in [-0.39, 0.29) is 5.78 Å². The molecule has 1 aliphatic rings. The minimum Gasteiger partial charge on any atom is -0.333 e. The summed E-state index contributed by atoms with van der Waals surface area (Å²) in [4.78, 5) is 20.9. The molecule has 4 nitrogen and oxygen atoms in total. The number of rotatable bonds is 4. The summed E-state index contributed by atoms with van der Waals surface area (Å²) in [6, 6.07) is 4.01. The van der Waals surface area contributed by atoms with Gasteiger partial charge in [-0.3, -0.25) is 9.69 Å². The highest BCUT2D eigenvalue weighted by atomic mass is 32.1. The van der Waals surface area contributed by atoms with Gasteiger partial charge in [-0.1, -0.05) is 6.92 Å². The Morgan fingerprint density at radius 1 is 1.42 bits per heavy atom. The first-order valence-corrected chi connectivity index (χ1v) is 7.42. The quantitative estimate of drug-likeness (QED) is 0.803. The summed E-state index contributed by atoms with van der Waals surface area (Å²) < 4.78 is 2.15. The van der Waals surface area contributed by atoms with Crippen LogP contribution in [0.4, 0.5) is 0 Å². The van der Waals surface area contributed by atoms with Crippen molar-refractivity contribution in [3.63, 3.8) is 0 Å². The number of hydrogen-bond acceptors (Lipinski definition) is 4. The molecule has 0 radical (unpaired) electrons. The van der Waals surface area contributed by atoms with E-state index in [0.717, 1.165) is 36.8 Å². The molecule has 3 rings (SSSR count). The zero-order valence-electron chi connectivity index (χ0n) is 11.0. The van der Waals surface area contributed by atoms with E-state index in [0.29, 0.717) is 6.54 Å². The second-order valence-corrected chi connectivity index (χ2v) is 5.96. The molecule has 0 unspecified atom stereocenters. The molecule has 19 heavy (non-hydrogen) atoms. The predicted molar refractivity (Wildman–Crippen MR) is 75.5 cm³/mol. The van der Waals surface area contributed by atoms with Crippen LogP contribution >= 0.6 is 11.3 Å². The van der Waals surface area contributed by atoms with E-state index in [2.05, 4.69) is 27.4 Å². The largest absolute Gasteiger partial charge is 0.333 e. The van der Waals surface area contributed by atoms with Gasteiger partial charge < -0.3 is 4.57 Å². The minimum atomic E-state index is 0.227. The number of aromatic nitrogens is 2. The van der Waals surface area contributed by atoms with Crippen LogP contribution in [0.5, 0.6) is 0 Å². The van der Waals surface area contributed by atoms with Crippen molar-refractivity contribution < 1.29 is 4.79 Å². The molecular formula is C14H17N3OS. The van der Waals surface area contributed by atoms with E-state index in [1.807, 2.05) is 18.5 Å². The van der Waals surface area contributed by atoms with Crippen LogP contribution in [0, 0.1) is 0 Å². The van der Waals surface area contributed by atoms with Gasteiger partial charge >= 0.3 is 0 Å². The van der Waals surface area contributed by atoms with E-state index in [1.54, 1.807) is 11.3 Å². The molecule has 100 valence electrons. The Labute approximate surface area is 116 Å². The van der Waals surface area contributed by atoms with Crippen molar-refractivity contribution in [2.75, 3.05) is 13.1 Å². The van der Waals surface area contributed by atoms with Gasteiger partial charge in [0.25, 0.3) is 0 Å². The summed E-state index contributed by atoms with van der Waals surface area (Å²) in [5.41, 5.74) is 0. The normalized spacial score (nSPS) is 15.4. The van der Waals surface area contributed by atoms with Crippen molar-refractivity contribution in [1.82, 2.24) is 14.5 Å². The second kappa shape index (κ2) is 5.27. The van der Waals surface area contributed by atoms with Gasteiger partial charge in [-0.2, -0.15) is 0 Å². The second-order valence-electron chi connectivity index (χ2n) is 4.79. The van der Waals surface area contributed by atoms with Crippen molar-refractivity contribution in [3.05, 3.63) is 40.1 Å². The summed E-state index contributed by atoms with van der Waals surface area (Å²) in [5, 5.41) is 0. The Morgan fingerprint density at radius 3 is 3.11 bits per heavy atom. The van der Waals surface area contributed by atoms with Gasteiger partial charge in [0.1, 0.15) is 5.82 Å². The lowest BCUT2D eigenvalue weighted by molar-refractivity contribution is 0.0912. The smallest absolute Gasteiger partial charge is 0.186 e. The Bertz CT molecular complexity index is 587. The summed E-state index contributed by atoms with van der Waals surface area (Å²) in [7, 11) is 0. The van der Waals surface area contributed by atoms with Crippen molar-refractivity contribution >= 4 is 17.1 Å². The Hall–Kier alpha value is -1.46. The number of ketones is 1. The molecule has 0 aliphatic carbocycles. The average molecular weight is 275 g/mol. The highest BCUT2D eigenvalue weighted by Gasteiger charge is 2.20. The Morgan fingerprint density at radius 2 is 2.32 bits per heavy atom. The topological polar surface area (TPSA) is 38.1 Å². The first-order chi connectivity index (χ1) is 9.26. The zero-order valence-corrected chi connectivity index (χ0v) is 11.8. The Kier molecular flexibility index (Phi) is 3.48. The van der Waals surface area contributed by atoms with Crippen LogP contribution in [-0.2, 0) is 19.5 Å². The molecule has 0 N–H and O–H groups in total. The molecule has 0 fully saturated rings. The first-order valence-electron chi connectivity index (χ1n) is 6.60. The van der Waals surface area contributed by atoms with Crippen LogP contribution in [0.2, 0.25) is 0 Å². The maximum Gasteiger partial charge on any atom is 0.186 e. The molecule has 0 atom stereocenters. The lowest BCUT2D eigenvalue weighted by atomic mass is 10.2. The third-order valence-corrected chi connectivity index (χ3v) is 4.75. The average Bonchev–Trinajstić information content (AvgIpc) is 3.06. The van der Waals surface area contributed by atoms with Gasteiger partial charge in [0.15, 0.2) is 5.78 Å². The lowest BCUT2D eigenvalue weighted by Gasteiger charge is -2.26. The van der Waals surface area contributed by atoms with Crippen LogP contribution in [0.25, 0.3) is 0 Å². The number of imidazole rings is 1. The van der Waals surface area contributed by atoms with Crippen LogP contribution in [-0.4, -0.2) is 33.3 Å². The van der Waals surface area contributed by atoms with Crippen LogP contribution in [0.15, 0.2) is 24.5 Å². The third-order valence-electron chi connectivity index (χ3n) is 3.48. The van der Waals surface area contributed by atoms with Crippen LogP contribution < -0.4 is 0 Å². The molecular weight excluding hydrogens is 258 g/mol. The molecule has 0 saturated heterocycles. The van der Waals surface area contributed by atoms with E-state index in [9.17, 15) is 4.79 Å². The van der Waals surface area contributed by atoms with Gasteiger partial charge in [0.05, 0.1) is 18.0 Å². The van der Waals surface area contributed by atoms with Gasteiger partial charge in [0, 0.05) is 30.4 Å². The molecule has 3 heterocycles. The summed E-state index contributed by atoms with van der Waals surface area (Å²) in [6.45, 7) is 5.22. The highest BCUT2D eigenvalue weighted by Crippen LogP contribution is 2.18.